The first-order chi connectivity index (χ1) is 25.7. The van der Waals surface area contributed by atoms with E-state index in [1.165, 1.54) is 14.2 Å². The molecule has 5 N–H and O–H groups in total. The van der Waals surface area contributed by atoms with Crippen LogP contribution in [-0.2, 0) is 42.9 Å². The summed E-state index contributed by atoms with van der Waals surface area (Å²) in [6.07, 6.45) is -1.11. The molecule has 310 valence electrons. The highest BCUT2D eigenvalue weighted by atomic mass is 16.7. The first-order valence-electron chi connectivity index (χ1n) is 19.9. The summed E-state index contributed by atoms with van der Waals surface area (Å²) in [7, 11) is 2.58. The van der Waals surface area contributed by atoms with E-state index >= 15 is 0 Å². The number of esters is 4. The Labute approximate surface area is 323 Å². The number of allylic oxidation sites excluding steroid dienone is 2. The second kappa shape index (κ2) is 14.6. The molecule has 0 radical (unpaired) electrons. The lowest BCUT2D eigenvalue weighted by molar-refractivity contribution is -0.297. The Bertz CT molecular complexity index is 1560. The van der Waals surface area contributed by atoms with Crippen molar-refractivity contribution in [2.45, 2.75) is 142 Å². The number of hydrogen-bond acceptors (Lipinski definition) is 14. The smallest absolute Gasteiger partial charge is 0.317 e. The Morgan fingerprint density at radius 2 is 1.49 bits per heavy atom. The molecule has 14 nitrogen and oxygen atoms in total. The number of aliphatic hydroxyl groups excluding tert-OH is 5. The lowest BCUT2D eigenvalue weighted by Crippen LogP contribution is -2.67. The number of methoxy groups -OCH3 is 2. The molecule has 0 bridgehead atoms. The molecule has 5 fully saturated rings. The van der Waals surface area contributed by atoms with Crippen molar-refractivity contribution in [2.75, 3.05) is 27.4 Å². The predicted octanol–water partition coefficient (Wildman–Crippen LogP) is 2.73. The molecule has 6 rings (SSSR count). The maximum Gasteiger partial charge on any atom is 0.317 e. The highest BCUT2D eigenvalue weighted by molar-refractivity contribution is 5.91. The van der Waals surface area contributed by atoms with Gasteiger partial charge in [-0.2, -0.15) is 0 Å². The van der Waals surface area contributed by atoms with E-state index in [1.54, 1.807) is 0 Å². The van der Waals surface area contributed by atoms with Gasteiger partial charge in [-0.25, -0.2) is 0 Å². The molecule has 15 atom stereocenters. The van der Waals surface area contributed by atoms with Gasteiger partial charge in [0.2, 0.25) is 6.29 Å². The van der Waals surface area contributed by atoms with Crippen LogP contribution >= 0.6 is 0 Å². The van der Waals surface area contributed by atoms with Gasteiger partial charge in [0.15, 0.2) is 0 Å². The van der Waals surface area contributed by atoms with Gasteiger partial charge in [-0.3, -0.25) is 19.2 Å². The minimum absolute atomic E-state index is 0.0231. The van der Waals surface area contributed by atoms with Crippen molar-refractivity contribution < 1.29 is 68.4 Å². The molecular weight excluding hydrogens is 716 g/mol. The molecule has 0 aromatic carbocycles. The van der Waals surface area contributed by atoms with Crippen LogP contribution in [0.15, 0.2) is 11.6 Å². The van der Waals surface area contributed by atoms with Crippen LogP contribution in [0.2, 0.25) is 0 Å². The van der Waals surface area contributed by atoms with Crippen molar-refractivity contribution in [3.8, 4) is 0 Å². The summed E-state index contributed by atoms with van der Waals surface area (Å²) in [5.74, 6) is -2.70. The number of carbonyl (C=O) groups is 4. The van der Waals surface area contributed by atoms with Crippen molar-refractivity contribution in [1.82, 2.24) is 0 Å². The van der Waals surface area contributed by atoms with Crippen LogP contribution in [0, 0.1) is 50.2 Å². The van der Waals surface area contributed by atoms with E-state index in [2.05, 4.69) is 31.6 Å². The minimum Gasteiger partial charge on any atom is -0.469 e. The van der Waals surface area contributed by atoms with Gasteiger partial charge in [0.1, 0.15) is 30.8 Å². The molecule has 1 saturated heterocycles. The second-order valence-corrected chi connectivity index (χ2v) is 18.9. The predicted molar refractivity (Wildman–Crippen MR) is 193 cm³/mol. The molecule has 1 heterocycles. The van der Waals surface area contributed by atoms with Gasteiger partial charge in [0, 0.05) is 5.41 Å². The zero-order valence-electron chi connectivity index (χ0n) is 33.4. The van der Waals surface area contributed by atoms with Gasteiger partial charge >= 0.3 is 23.9 Å². The molecule has 1 aliphatic heterocycles. The summed E-state index contributed by atoms with van der Waals surface area (Å²) in [6, 6.07) is 0. The third kappa shape index (κ3) is 6.36. The van der Waals surface area contributed by atoms with Crippen LogP contribution in [-0.4, -0.2) is 114 Å². The number of carbonyl (C=O) groups excluding carboxylic acids is 4. The van der Waals surface area contributed by atoms with Gasteiger partial charge < -0.3 is 49.2 Å². The van der Waals surface area contributed by atoms with Gasteiger partial charge in [-0.1, -0.05) is 39.3 Å². The summed E-state index contributed by atoms with van der Waals surface area (Å²) in [5, 5.41) is 52.8. The number of fused-ring (bicyclic) bond motifs is 7. The van der Waals surface area contributed by atoms with Crippen LogP contribution in [0.25, 0.3) is 0 Å². The maximum absolute atomic E-state index is 14.7. The van der Waals surface area contributed by atoms with E-state index < -0.39 is 84.0 Å². The lowest BCUT2D eigenvalue weighted by Gasteiger charge is -2.71. The summed E-state index contributed by atoms with van der Waals surface area (Å²) in [4.78, 5) is 52.5. The van der Waals surface area contributed by atoms with Gasteiger partial charge in [-0.05, 0) is 105 Å². The second-order valence-electron chi connectivity index (χ2n) is 18.9. The first kappa shape index (κ1) is 42.0. The van der Waals surface area contributed by atoms with Crippen molar-refractivity contribution in [1.29, 1.82) is 0 Å². The Kier molecular flexibility index (Phi) is 11.2. The molecular formula is C41H62O14. The van der Waals surface area contributed by atoms with Crippen LogP contribution in [0.4, 0.5) is 0 Å². The summed E-state index contributed by atoms with van der Waals surface area (Å²) < 4.78 is 27.2. The van der Waals surface area contributed by atoms with Crippen LogP contribution < -0.4 is 0 Å². The average molecular weight is 779 g/mol. The summed E-state index contributed by atoms with van der Waals surface area (Å²) >= 11 is 0. The average Bonchev–Trinajstić information content (AvgIpc) is 3.15. The van der Waals surface area contributed by atoms with Crippen molar-refractivity contribution >= 4 is 23.9 Å². The fourth-order valence-electron chi connectivity index (χ4n) is 12.7. The Hall–Kier alpha value is -2.62. The van der Waals surface area contributed by atoms with E-state index in [4.69, 9.17) is 18.9 Å². The number of hydrogen-bond donors (Lipinski definition) is 5. The van der Waals surface area contributed by atoms with E-state index in [0.29, 0.717) is 44.9 Å². The van der Waals surface area contributed by atoms with Crippen molar-refractivity contribution in [3.63, 3.8) is 0 Å². The number of ether oxygens (including phenoxy) is 5. The van der Waals surface area contributed by atoms with Gasteiger partial charge in [0.05, 0.1) is 44.4 Å². The fourth-order valence-corrected chi connectivity index (χ4v) is 12.7. The molecule has 55 heavy (non-hydrogen) atoms. The highest BCUT2D eigenvalue weighted by Gasteiger charge is 2.71. The van der Waals surface area contributed by atoms with E-state index in [9.17, 15) is 44.7 Å². The topological polar surface area (TPSA) is 216 Å². The molecule has 0 aromatic rings. The van der Waals surface area contributed by atoms with Gasteiger partial charge in [0.25, 0.3) is 0 Å². The van der Waals surface area contributed by atoms with E-state index in [0.717, 1.165) is 24.8 Å². The Morgan fingerprint density at radius 3 is 2.15 bits per heavy atom. The molecule has 0 unspecified atom stereocenters. The molecule has 5 aliphatic carbocycles. The molecule has 0 spiro atoms. The maximum atomic E-state index is 14.7. The normalized spacial score (nSPS) is 47.7. The molecule has 0 aromatic heterocycles. The summed E-state index contributed by atoms with van der Waals surface area (Å²) in [5.41, 5.74) is -2.49. The summed E-state index contributed by atoms with van der Waals surface area (Å²) in [6.45, 7) is 10.1. The third-order valence-corrected chi connectivity index (χ3v) is 16.3. The van der Waals surface area contributed by atoms with E-state index in [-0.39, 0.29) is 46.6 Å². The quantitative estimate of drug-likeness (QED) is 0.104. The highest BCUT2D eigenvalue weighted by Crippen LogP contribution is 2.76. The third-order valence-electron chi connectivity index (χ3n) is 16.3. The SMILES string of the molecule is COC(=O)CC(=O)OC[C@]1(C)CC[C@]2(C(=O)O[C@@H]3O[C@H](CO)[C@H](O)[C@H](O)[C@H]3O)CC[C@]3(C)C(=CC[C@@H]4[C@]5(C)CC[C@H](O)[C@@](C)(C(=O)OC)[C@@H]5CC[C@]43C)[C@@H]2C1. The van der Waals surface area contributed by atoms with Crippen LogP contribution in [0.1, 0.15) is 105 Å². The largest absolute Gasteiger partial charge is 0.469 e. The van der Waals surface area contributed by atoms with E-state index in [1.807, 2.05) is 13.8 Å². The number of rotatable bonds is 8. The molecule has 6 aliphatic rings. The monoisotopic (exact) mass is 778 g/mol. The molecule has 14 heteroatoms. The van der Waals surface area contributed by atoms with Crippen LogP contribution in [0.5, 0.6) is 0 Å². The van der Waals surface area contributed by atoms with Crippen LogP contribution in [0.3, 0.4) is 0 Å². The fraction of sp³-hybridized carbons (Fsp3) is 0.854. The standard InChI is InChI=1S/C41H62O14/c1-36(21-53-29(45)18-28(44)51-6)14-16-41(35(50)55-33-32(48)31(47)30(46)24(20-42)54-33)17-15-38(3)22(23(41)19-36)8-9-25-37(2)12-11-27(43)40(5,34(49)52-7)26(37)10-13-39(25,38)4/h8,23-27,30-33,42-43,46-48H,9-21H2,1-7H3/t23-,24+,25+,26+,27-,30-,31-,32+,33-,36+,37-,38+,39+,40-,41-/m0/s1. The zero-order valence-corrected chi connectivity index (χ0v) is 33.4. The van der Waals surface area contributed by atoms with Crippen molar-refractivity contribution in [3.05, 3.63) is 11.6 Å². The van der Waals surface area contributed by atoms with Gasteiger partial charge in [-0.15, -0.1) is 0 Å². The lowest BCUT2D eigenvalue weighted by atomic mass is 9.33. The molecule has 4 saturated carbocycles. The Balaban J connectivity index is 1.37. The number of aliphatic hydroxyl groups is 5. The molecule has 0 amide bonds. The first-order valence-corrected chi connectivity index (χ1v) is 19.9. The van der Waals surface area contributed by atoms with Crippen molar-refractivity contribution in [2.24, 2.45) is 50.2 Å². The Morgan fingerprint density at radius 1 is 0.800 bits per heavy atom. The minimum atomic E-state index is -1.75. The zero-order chi connectivity index (χ0) is 40.5.